The Kier molecular flexibility index (Phi) is 5.00. The van der Waals surface area contributed by atoms with Crippen molar-refractivity contribution in [2.24, 2.45) is 0 Å². The maximum absolute atomic E-state index is 9.30. The van der Waals surface area contributed by atoms with Gasteiger partial charge in [-0.25, -0.2) is 0 Å². The number of rotatable bonds is 2. The van der Waals surface area contributed by atoms with Gasteiger partial charge < -0.3 is 0 Å². The Labute approximate surface area is 151 Å². The summed E-state index contributed by atoms with van der Waals surface area (Å²) >= 11 is 3.63. The Morgan fingerprint density at radius 1 is 1.08 bits per heavy atom. The average molecular weight is 348 g/mol. The molecule has 1 aliphatic carbocycles. The van der Waals surface area contributed by atoms with Crippen molar-refractivity contribution >= 4 is 29.1 Å². The van der Waals surface area contributed by atoms with E-state index < -0.39 is 0 Å². The van der Waals surface area contributed by atoms with Gasteiger partial charge in [0, 0.05) is 9.81 Å². The molecule has 1 aliphatic heterocycles. The highest BCUT2D eigenvalue weighted by atomic mass is 32.2. The van der Waals surface area contributed by atoms with Crippen molar-refractivity contribution in [2.75, 3.05) is 0 Å². The van der Waals surface area contributed by atoms with Crippen LogP contribution in [0.3, 0.4) is 0 Å². The number of hydrogen-bond donors (Lipinski definition) is 0. The average Bonchev–Trinajstić information content (AvgIpc) is 3.10. The molecule has 1 aromatic rings. The summed E-state index contributed by atoms with van der Waals surface area (Å²) in [5.41, 5.74) is 4.31. The lowest BCUT2D eigenvalue weighted by Gasteiger charge is -2.02. The molecule has 0 radical (unpaired) electrons. The van der Waals surface area contributed by atoms with E-state index in [4.69, 9.17) is 0 Å². The maximum Gasteiger partial charge on any atom is 0.137 e. The fourth-order valence-corrected chi connectivity index (χ4v) is 5.26. The Morgan fingerprint density at radius 3 is 2.42 bits per heavy atom. The second kappa shape index (κ2) is 7.18. The van der Waals surface area contributed by atoms with Gasteiger partial charge in [0.05, 0.1) is 0 Å². The molecule has 1 heterocycles. The van der Waals surface area contributed by atoms with Crippen LogP contribution in [0.2, 0.25) is 0 Å². The van der Waals surface area contributed by atoms with Gasteiger partial charge in [0.2, 0.25) is 0 Å². The first-order valence-corrected chi connectivity index (χ1v) is 9.33. The molecule has 0 bridgehead atoms. The Hall–Kier alpha value is -2.14. The molecule has 24 heavy (non-hydrogen) atoms. The molecule has 0 saturated carbocycles. The van der Waals surface area contributed by atoms with Crippen molar-refractivity contribution in [2.45, 2.75) is 26.7 Å². The summed E-state index contributed by atoms with van der Waals surface area (Å²) < 4.78 is 1.31. The van der Waals surface area contributed by atoms with Crippen LogP contribution < -0.4 is 0 Å². The number of benzene rings is 1. The lowest BCUT2D eigenvalue weighted by atomic mass is 9.99. The third kappa shape index (κ3) is 3.22. The maximum atomic E-state index is 9.30. The van der Waals surface area contributed by atoms with E-state index in [1.54, 1.807) is 0 Å². The quantitative estimate of drug-likeness (QED) is 0.621. The molecule has 1 aromatic carbocycles. The van der Waals surface area contributed by atoms with Gasteiger partial charge in [-0.3, -0.25) is 0 Å². The van der Waals surface area contributed by atoms with Gasteiger partial charge in [-0.2, -0.15) is 10.5 Å². The predicted octanol–water partition coefficient (Wildman–Crippen LogP) is 5.93. The molecule has 0 aromatic heterocycles. The van der Waals surface area contributed by atoms with E-state index in [9.17, 15) is 10.5 Å². The van der Waals surface area contributed by atoms with E-state index in [-0.39, 0.29) is 5.57 Å². The number of hydrogen-bond acceptors (Lipinski definition) is 4. The first-order valence-electron chi connectivity index (χ1n) is 7.69. The summed E-state index contributed by atoms with van der Waals surface area (Å²) in [5.74, 6) is 0. The smallest absolute Gasteiger partial charge is 0.137 e. The normalized spacial score (nSPS) is 17.8. The largest absolute Gasteiger partial charge is 0.192 e. The zero-order valence-corrected chi connectivity index (χ0v) is 15.2. The topological polar surface area (TPSA) is 47.6 Å². The van der Waals surface area contributed by atoms with Crippen molar-refractivity contribution < 1.29 is 0 Å². The highest BCUT2D eigenvalue weighted by Gasteiger charge is 2.24. The number of thioether (sulfide) groups is 2. The molecule has 4 heteroatoms. The summed E-state index contributed by atoms with van der Waals surface area (Å²) in [5, 5.41) is 18.6. The van der Waals surface area contributed by atoms with Gasteiger partial charge in [-0.05, 0) is 53.2 Å². The van der Waals surface area contributed by atoms with Crippen molar-refractivity contribution in [3.05, 3.63) is 72.7 Å². The third-order valence-corrected chi connectivity index (χ3v) is 6.70. The van der Waals surface area contributed by atoms with Crippen molar-refractivity contribution in [3.8, 4) is 12.1 Å². The minimum absolute atomic E-state index is 0.205. The summed E-state index contributed by atoms with van der Waals surface area (Å²) in [6.07, 6.45) is 5.98. The summed E-state index contributed by atoms with van der Waals surface area (Å²) in [4.78, 5) is 2.73. The van der Waals surface area contributed by atoms with Gasteiger partial charge in [0.1, 0.15) is 17.7 Å². The van der Waals surface area contributed by atoms with E-state index in [1.165, 1.54) is 19.6 Å². The lowest BCUT2D eigenvalue weighted by molar-refractivity contribution is 1.23. The van der Waals surface area contributed by atoms with Crippen LogP contribution in [-0.2, 0) is 6.42 Å². The second-order valence-electron chi connectivity index (χ2n) is 5.61. The second-order valence-corrected chi connectivity index (χ2v) is 8.38. The molecule has 0 atom stereocenters. The van der Waals surface area contributed by atoms with Gasteiger partial charge in [0.15, 0.2) is 0 Å². The minimum Gasteiger partial charge on any atom is -0.192 e. The van der Waals surface area contributed by atoms with Gasteiger partial charge >= 0.3 is 0 Å². The zero-order chi connectivity index (χ0) is 17.1. The number of fused-ring (bicyclic) bond motifs is 1. The Bertz CT molecular complexity index is 870. The van der Waals surface area contributed by atoms with Crippen LogP contribution in [0.25, 0.3) is 5.57 Å². The Balaban J connectivity index is 1.89. The van der Waals surface area contributed by atoms with Crippen molar-refractivity contribution in [1.29, 1.82) is 10.5 Å². The van der Waals surface area contributed by atoms with Crippen LogP contribution in [0.4, 0.5) is 0 Å². The molecule has 2 nitrogen and oxygen atoms in total. The highest BCUT2D eigenvalue weighted by Crippen LogP contribution is 2.48. The van der Waals surface area contributed by atoms with Crippen LogP contribution in [0.5, 0.6) is 0 Å². The molecule has 0 fully saturated rings. The van der Waals surface area contributed by atoms with E-state index in [0.29, 0.717) is 0 Å². The van der Waals surface area contributed by atoms with Gasteiger partial charge in [-0.1, -0.05) is 59.9 Å². The van der Waals surface area contributed by atoms with Crippen LogP contribution in [-0.4, -0.2) is 0 Å². The zero-order valence-electron chi connectivity index (χ0n) is 13.6. The molecule has 0 spiro atoms. The Morgan fingerprint density at radius 2 is 1.75 bits per heavy atom. The number of nitrogens with zero attached hydrogens (tertiary/aromatic N) is 2. The lowest BCUT2D eigenvalue weighted by Crippen LogP contribution is -1.87. The molecule has 0 unspecified atom stereocenters. The SMILES string of the molecule is CC1=C(C)SC(=CC/C=C2/Cc3ccccc3C2=C(C#N)C#N)S1. The fraction of sp³-hybridized carbons (Fsp3) is 0.200. The van der Waals surface area contributed by atoms with Gasteiger partial charge in [-0.15, -0.1) is 0 Å². The molecule has 2 aliphatic rings. The van der Waals surface area contributed by atoms with Crippen molar-refractivity contribution in [1.82, 2.24) is 0 Å². The van der Waals surface area contributed by atoms with Crippen LogP contribution >= 0.6 is 23.5 Å². The standard InChI is InChI=1S/C20H16N2S2/c1-13-14(2)24-19(23-13)9-5-7-16-10-15-6-3-4-8-18(15)20(16)17(11-21)12-22/h3-4,6-9H,5,10H2,1-2H3/b16-7-. The molecule has 0 amide bonds. The van der Waals surface area contributed by atoms with E-state index in [2.05, 4.69) is 44.2 Å². The number of nitriles is 2. The van der Waals surface area contributed by atoms with E-state index in [0.717, 1.165) is 29.6 Å². The predicted molar refractivity (Wildman–Crippen MR) is 103 cm³/mol. The first kappa shape index (κ1) is 16.7. The van der Waals surface area contributed by atoms with Crippen LogP contribution in [0, 0.1) is 22.7 Å². The summed E-state index contributed by atoms with van der Waals surface area (Å²) in [6.45, 7) is 4.29. The summed E-state index contributed by atoms with van der Waals surface area (Å²) in [6, 6.07) is 12.1. The van der Waals surface area contributed by atoms with E-state index >= 15 is 0 Å². The van der Waals surface area contributed by atoms with Crippen LogP contribution in [0.15, 0.2) is 61.6 Å². The molecular formula is C20H16N2S2. The molecule has 0 N–H and O–H groups in total. The summed E-state index contributed by atoms with van der Waals surface area (Å²) in [7, 11) is 0. The van der Waals surface area contributed by atoms with Gasteiger partial charge in [0.25, 0.3) is 0 Å². The number of allylic oxidation sites excluding steroid dienone is 7. The first-order chi connectivity index (χ1) is 11.6. The third-order valence-electron chi connectivity index (χ3n) is 4.11. The molecule has 118 valence electrons. The van der Waals surface area contributed by atoms with E-state index in [1.807, 2.05) is 41.7 Å². The molecular weight excluding hydrogens is 332 g/mol. The minimum atomic E-state index is 0.205. The van der Waals surface area contributed by atoms with Crippen molar-refractivity contribution in [3.63, 3.8) is 0 Å². The fourth-order valence-electron chi connectivity index (χ4n) is 2.84. The molecule has 3 rings (SSSR count). The molecule has 0 saturated heterocycles. The highest BCUT2D eigenvalue weighted by molar-refractivity contribution is 8.28. The van der Waals surface area contributed by atoms with Crippen LogP contribution in [0.1, 0.15) is 31.4 Å². The monoisotopic (exact) mass is 348 g/mol.